The van der Waals surface area contributed by atoms with Crippen molar-refractivity contribution in [1.82, 2.24) is 0 Å². The van der Waals surface area contributed by atoms with Crippen molar-refractivity contribution in [2.45, 2.75) is 25.4 Å². The van der Waals surface area contributed by atoms with Crippen LogP contribution in [0.4, 0.5) is 5.69 Å². The Morgan fingerprint density at radius 3 is 2.75 bits per heavy atom. The zero-order chi connectivity index (χ0) is 11.4. The maximum Gasteiger partial charge on any atom is 0.0574 e. The lowest BCUT2D eigenvalue weighted by atomic mass is 10.1. The highest BCUT2D eigenvalue weighted by molar-refractivity contribution is 5.49. The van der Waals surface area contributed by atoms with Gasteiger partial charge in [0.15, 0.2) is 0 Å². The maximum absolute atomic E-state index is 9.47. The molecule has 88 valence electrons. The van der Waals surface area contributed by atoms with E-state index in [9.17, 15) is 5.11 Å². The number of benzene rings is 1. The van der Waals surface area contributed by atoms with Gasteiger partial charge in [-0.2, -0.15) is 0 Å². The van der Waals surface area contributed by atoms with E-state index in [1.54, 1.807) is 0 Å². The fraction of sp³-hybridized carbons (Fsp3) is 0.538. The standard InChI is InChI=1S/C13H20N2O/c14-7-4-11-2-1-3-12(10-11)15-8-5-13(16)6-9-15/h1-3,10,13,16H,4-9,14H2. The Bertz CT molecular complexity index is 332. The number of aliphatic hydroxyl groups excluding tert-OH is 1. The van der Waals surface area contributed by atoms with Crippen molar-refractivity contribution in [3.05, 3.63) is 29.8 Å². The smallest absolute Gasteiger partial charge is 0.0574 e. The molecule has 2 rings (SSSR count). The second-order valence-corrected chi connectivity index (χ2v) is 4.43. The van der Waals surface area contributed by atoms with Crippen molar-refractivity contribution in [1.29, 1.82) is 0 Å². The number of hydrogen-bond donors (Lipinski definition) is 2. The number of piperidine rings is 1. The molecule has 1 saturated heterocycles. The van der Waals surface area contributed by atoms with E-state index in [0.717, 1.165) is 32.4 Å². The molecule has 1 aromatic carbocycles. The van der Waals surface area contributed by atoms with Crippen LogP contribution < -0.4 is 10.6 Å². The summed E-state index contributed by atoms with van der Waals surface area (Å²) in [5, 5.41) is 9.47. The van der Waals surface area contributed by atoms with Gasteiger partial charge in [0, 0.05) is 18.8 Å². The zero-order valence-electron chi connectivity index (χ0n) is 9.60. The number of nitrogens with zero attached hydrogens (tertiary/aromatic N) is 1. The van der Waals surface area contributed by atoms with Gasteiger partial charge in [-0.15, -0.1) is 0 Å². The van der Waals surface area contributed by atoms with Gasteiger partial charge in [-0.1, -0.05) is 12.1 Å². The summed E-state index contributed by atoms with van der Waals surface area (Å²) in [4.78, 5) is 2.34. The molecule has 0 spiro atoms. The predicted octanol–water partition coefficient (Wildman–Crippen LogP) is 1.15. The van der Waals surface area contributed by atoms with Gasteiger partial charge < -0.3 is 15.7 Å². The van der Waals surface area contributed by atoms with Gasteiger partial charge in [0.05, 0.1) is 6.10 Å². The molecule has 1 heterocycles. The SMILES string of the molecule is NCCc1cccc(N2CCC(O)CC2)c1. The molecule has 16 heavy (non-hydrogen) atoms. The Morgan fingerprint density at radius 2 is 2.06 bits per heavy atom. The highest BCUT2D eigenvalue weighted by Crippen LogP contribution is 2.21. The average molecular weight is 220 g/mol. The highest BCUT2D eigenvalue weighted by atomic mass is 16.3. The van der Waals surface area contributed by atoms with E-state index in [2.05, 4.69) is 29.2 Å². The molecule has 0 amide bonds. The number of aliphatic hydroxyl groups is 1. The largest absolute Gasteiger partial charge is 0.393 e. The quantitative estimate of drug-likeness (QED) is 0.803. The van der Waals surface area contributed by atoms with Crippen LogP contribution in [0.25, 0.3) is 0 Å². The van der Waals surface area contributed by atoms with Crippen molar-refractivity contribution >= 4 is 5.69 Å². The minimum absolute atomic E-state index is 0.108. The van der Waals surface area contributed by atoms with Crippen LogP contribution in [0.1, 0.15) is 18.4 Å². The van der Waals surface area contributed by atoms with Crippen LogP contribution in [-0.4, -0.2) is 30.8 Å². The topological polar surface area (TPSA) is 49.5 Å². The molecule has 0 saturated carbocycles. The monoisotopic (exact) mass is 220 g/mol. The van der Waals surface area contributed by atoms with E-state index < -0.39 is 0 Å². The Kier molecular flexibility index (Phi) is 3.80. The molecule has 1 aromatic rings. The second-order valence-electron chi connectivity index (χ2n) is 4.43. The molecule has 0 unspecified atom stereocenters. The van der Waals surface area contributed by atoms with E-state index in [4.69, 9.17) is 5.73 Å². The van der Waals surface area contributed by atoms with Crippen molar-refractivity contribution in [3.63, 3.8) is 0 Å². The van der Waals surface area contributed by atoms with E-state index in [1.807, 2.05) is 0 Å². The summed E-state index contributed by atoms with van der Waals surface area (Å²) < 4.78 is 0. The molecular weight excluding hydrogens is 200 g/mol. The molecule has 3 N–H and O–H groups in total. The van der Waals surface area contributed by atoms with Crippen LogP contribution in [0.2, 0.25) is 0 Å². The molecule has 0 radical (unpaired) electrons. The Balaban J connectivity index is 2.05. The molecule has 3 nitrogen and oxygen atoms in total. The zero-order valence-corrected chi connectivity index (χ0v) is 9.60. The average Bonchev–Trinajstić information content (AvgIpc) is 2.31. The first kappa shape index (κ1) is 11.4. The van der Waals surface area contributed by atoms with Gasteiger partial charge in [-0.05, 0) is 43.5 Å². The fourth-order valence-electron chi connectivity index (χ4n) is 2.20. The van der Waals surface area contributed by atoms with Crippen LogP contribution in [0.3, 0.4) is 0 Å². The molecule has 1 aliphatic rings. The first-order valence-corrected chi connectivity index (χ1v) is 6.01. The number of rotatable bonds is 3. The molecule has 1 aliphatic heterocycles. The van der Waals surface area contributed by atoms with E-state index in [0.29, 0.717) is 6.54 Å². The third kappa shape index (κ3) is 2.74. The van der Waals surface area contributed by atoms with Gasteiger partial charge in [-0.3, -0.25) is 0 Å². The molecule has 0 bridgehead atoms. The fourth-order valence-corrected chi connectivity index (χ4v) is 2.20. The predicted molar refractivity (Wildman–Crippen MR) is 66.7 cm³/mol. The highest BCUT2D eigenvalue weighted by Gasteiger charge is 2.17. The van der Waals surface area contributed by atoms with Crippen molar-refractivity contribution < 1.29 is 5.11 Å². The molecule has 0 aliphatic carbocycles. The van der Waals surface area contributed by atoms with Gasteiger partial charge >= 0.3 is 0 Å². The summed E-state index contributed by atoms with van der Waals surface area (Å²) in [5.41, 5.74) is 8.12. The Hall–Kier alpha value is -1.06. The first-order valence-electron chi connectivity index (χ1n) is 6.01. The normalized spacial score (nSPS) is 17.8. The van der Waals surface area contributed by atoms with Crippen LogP contribution >= 0.6 is 0 Å². The van der Waals surface area contributed by atoms with E-state index in [1.165, 1.54) is 11.3 Å². The number of anilines is 1. The summed E-state index contributed by atoms with van der Waals surface area (Å²) in [6.45, 7) is 2.60. The maximum atomic E-state index is 9.47. The third-order valence-corrected chi connectivity index (χ3v) is 3.17. The van der Waals surface area contributed by atoms with Crippen molar-refractivity contribution in [3.8, 4) is 0 Å². The minimum atomic E-state index is -0.108. The molecule has 0 atom stereocenters. The molecular formula is C13H20N2O. The third-order valence-electron chi connectivity index (χ3n) is 3.17. The molecule has 3 heteroatoms. The summed E-state index contributed by atoms with van der Waals surface area (Å²) in [6.07, 6.45) is 2.58. The van der Waals surface area contributed by atoms with Gasteiger partial charge in [0.25, 0.3) is 0 Å². The summed E-state index contributed by atoms with van der Waals surface area (Å²) in [5.74, 6) is 0. The summed E-state index contributed by atoms with van der Waals surface area (Å²) in [6, 6.07) is 8.56. The van der Waals surface area contributed by atoms with Gasteiger partial charge in [0.2, 0.25) is 0 Å². The lowest BCUT2D eigenvalue weighted by molar-refractivity contribution is 0.145. The molecule has 1 fully saturated rings. The van der Waals surface area contributed by atoms with Crippen LogP contribution in [0.5, 0.6) is 0 Å². The van der Waals surface area contributed by atoms with E-state index >= 15 is 0 Å². The Labute approximate surface area is 96.9 Å². The van der Waals surface area contributed by atoms with Crippen molar-refractivity contribution in [2.75, 3.05) is 24.5 Å². The van der Waals surface area contributed by atoms with Crippen LogP contribution in [-0.2, 0) is 6.42 Å². The van der Waals surface area contributed by atoms with E-state index in [-0.39, 0.29) is 6.10 Å². The lowest BCUT2D eigenvalue weighted by Gasteiger charge is -2.31. The van der Waals surface area contributed by atoms with Gasteiger partial charge in [-0.25, -0.2) is 0 Å². The first-order chi connectivity index (χ1) is 7.79. The number of hydrogen-bond acceptors (Lipinski definition) is 3. The van der Waals surface area contributed by atoms with Crippen molar-refractivity contribution in [2.24, 2.45) is 5.73 Å². The minimum Gasteiger partial charge on any atom is -0.393 e. The lowest BCUT2D eigenvalue weighted by Crippen LogP contribution is -2.35. The summed E-state index contributed by atoms with van der Waals surface area (Å²) in [7, 11) is 0. The molecule has 0 aromatic heterocycles. The van der Waals surface area contributed by atoms with Gasteiger partial charge in [0.1, 0.15) is 0 Å². The van der Waals surface area contributed by atoms with Crippen LogP contribution in [0, 0.1) is 0 Å². The van der Waals surface area contributed by atoms with Crippen LogP contribution in [0.15, 0.2) is 24.3 Å². The second kappa shape index (κ2) is 5.32. The number of nitrogens with two attached hydrogens (primary N) is 1. The Morgan fingerprint density at radius 1 is 1.31 bits per heavy atom. The summed E-state index contributed by atoms with van der Waals surface area (Å²) >= 11 is 0.